The molecule has 3 heterocycles. The zero-order valence-corrected chi connectivity index (χ0v) is 20.0. The number of carbonyl (C=O) groups excluding carboxylic acids is 3. The van der Waals surface area contributed by atoms with E-state index in [1.807, 2.05) is 37.2 Å². The van der Waals surface area contributed by atoms with Crippen molar-refractivity contribution >= 4 is 18.2 Å². The number of nitrogens with zero attached hydrogens (tertiary/aromatic N) is 6. The second kappa shape index (κ2) is 24.0. The number of aromatic nitrogens is 6. The first-order valence-corrected chi connectivity index (χ1v) is 9.91. The van der Waals surface area contributed by atoms with E-state index in [1.165, 1.54) is 17.5 Å². The molecule has 12 nitrogen and oxygen atoms in total. The Morgan fingerprint density at radius 3 is 0.848 bits per heavy atom. The van der Waals surface area contributed by atoms with Gasteiger partial charge in [0.05, 0.1) is 19.6 Å². The molecule has 0 aromatic carbocycles. The number of H-pyrrole nitrogens is 3. The van der Waals surface area contributed by atoms with Crippen molar-refractivity contribution < 1.29 is 28.1 Å². The molecule has 12 heteroatoms. The molecule has 0 aliphatic heterocycles. The van der Waals surface area contributed by atoms with Crippen LogP contribution in [0.5, 0.6) is 0 Å². The van der Waals surface area contributed by atoms with Gasteiger partial charge in [-0.2, -0.15) is 0 Å². The minimum atomic E-state index is 0.500. The highest BCUT2D eigenvalue weighted by atomic mass is 16.1. The molecule has 0 aliphatic rings. The molecule has 0 saturated carbocycles. The van der Waals surface area contributed by atoms with Gasteiger partial charge in [0.1, 0.15) is 37.2 Å². The highest BCUT2D eigenvalue weighted by Gasteiger charge is 1.99. The number of isocyanates is 3. The number of aryl methyl sites for hydroxylation is 6. The van der Waals surface area contributed by atoms with Gasteiger partial charge in [-0.05, 0) is 39.0 Å². The molecule has 0 radical (unpaired) electrons. The second-order valence-electron chi connectivity index (χ2n) is 5.77. The van der Waals surface area contributed by atoms with Gasteiger partial charge in [-0.3, -0.25) is 14.4 Å². The first kappa shape index (κ1) is 33.4. The predicted molar refractivity (Wildman–Crippen MR) is 121 cm³/mol. The summed E-state index contributed by atoms with van der Waals surface area (Å²) >= 11 is 0. The average Bonchev–Trinajstić information content (AvgIpc) is 3.51. The maximum absolute atomic E-state index is 8.24. The molecule has 3 rings (SSSR count). The predicted octanol–water partition coefficient (Wildman–Crippen LogP) is 1.57. The quantitative estimate of drug-likeness (QED) is 0.306. The van der Waals surface area contributed by atoms with E-state index in [0.717, 1.165) is 19.6 Å². The Kier molecular flexibility index (Phi) is 24.3. The van der Waals surface area contributed by atoms with E-state index in [9.17, 15) is 0 Å². The summed E-state index contributed by atoms with van der Waals surface area (Å²) in [5.74, 6) is 3.65. The van der Waals surface area contributed by atoms with Gasteiger partial charge in [0.2, 0.25) is 0 Å². The summed E-state index contributed by atoms with van der Waals surface area (Å²) in [6.07, 6.45) is 13.4. The van der Waals surface area contributed by atoms with Crippen LogP contribution in [0.2, 0.25) is 0 Å². The molecule has 0 fully saturated rings. The average molecular weight is 460 g/mol. The van der Waals surface area contributed by atoms with Crippen LogP contribution in [-0.2, 0) is 34.0 Å². The summed E-state index contributed by atoms with van der Waals surface area (Å²) in [6, 6.07) is 0. The molecule has 0 atom stereocenters. The van der Waals surface area contributed by atoms with Crippen LogP contribution in [0.4, 0.5) is 0 Å². The van der Waals surface area contributed by atoms with E-state index >= 15 is 0 Å². The van der Waals surface area contributed by atoms with Crippen molar-refractivity contribution in [2.24, 2.45) is 0 Å². The number of imidazole rings is 3. The third kappa shape index (κ3) is 18.3. The van der Waals surface area contributed by atoms with E-state index in [2.05, 4.69) is 70.2 Å². The first-order chi connectivity index (χ1) is 15.8. The number of aromatic amines is 3. The SMILES string of the molecule is CC[n+]1cc[nH]c1C.CC[n+]1cc[nH]c1C.CC[n+]1cc[nH]c1C.[N-]=C=O.[N-]=C=O.[N-]=C=O. The lowest BCUT2D eigenvalue weighted by atomic mass is 10.6. The molecular formula is C21H33N9O3. The fraction of sp³-hybridized carbons (Fsp3) is 0.429. The van der Waals surface area contributed by atoms with E-state index in [-0.39, 0.29) is 0 Å². The highest BCUT2D eigenvalue weighted by molar-refractivity contribution is 5.37. The monoisotopic (exact) mass is 459 g/mol. The first-order valence-electron chi connectivity index (χ1n) is 9.91. The van der Waals surface area contributed by atoms with E-state index in [1.54, 1.807) is 0 Å². The zero-order valence-electron chi connectivity index (χ0n) is 20.0. The zero-order chi connectivity index (χ0) is 26.1. The Morgan fingerprint density at radius 1 is 0.606 bits per heavy atom. The number of nitrogens with one attached hydrogen (secondary N) is 3. The highest BCUT2D eigenvalue weighted by Crippen LogP contribution is 1.80. The molecule has 0 spiro atoms. The molecule has 3 N–H and O–H groups in total. The van der Waals surface area contributed by atoms with Crippen LogP contribution in [0.3, 0.4) is 0 Å². The third-order valence-corrected chi connectivity index (χ3v) is 3.95. The molecular weight excluding hydrogens is 426 g/mol. The van der Waals surface area contributed by atoms with Crippen LogP contribution >= 0.6 is 0 Å². The summed E-state index contributed by atoms with van der Waals surface area (Å²) in [6.45, 7) is 15.7. The van der Waals surface area contributed by atoms with E-state index in [0.29, 0.717) is 18.2 Å². The van der Waals surface area contributed by atoms with Gasteiger partial charge in [-0.15, -0.1) is 0 Å². The Balaban J connectivity index is -0.000000348. The minimum absolute atomic E-state index is 0.500. The van der Waals surface area contributed by atoms with Crippen molar-refractivity contribution in [3.63, 3.8) is 0 Å². The molecule has 0 unspecified atom stereocenters. The summed E-state index contributed by atoms with van der Waals surface area (Å²) < 4.78 is 6.46. The van der Waals surface area contributed by atoms with Gasteiger partial charge in [0.15, 0.2) is 0 Å². The molecule has 0 amide bonds. The van der Waals surface area contributed by atoms with Gasteiger partial charge in [-0.1, -0.05) is 0 Å². The minimum Gasteiger partial charge on any atom is -0.724 e. The van der Waals surface area contributed by atoms with Gasteiger partial charge in [0, 0.05) is 20.8 Å². The lowest BCUT2D eigenvalue weighted by molar-refractivity contribution is -0.698. The lowest BCUT2D eigenvalue weighted by Gasteiger charge is -1.86. The van der Waals surface area contributed by atoms with Crippen LogP contribution in [0.25, 0.3) is 16.2 Å². The Bertz CT molecular complexity index is 831. The van der Waals surface area contributed by atoms with Crippen LogP contribution in [0.1, 0.15) is 38.2 Å². The smallest absolute Gasteiger partial charge is 0.250 e. The third-order valence-electron chi connectivity index (χ3n) is 3.95. The van der Waals surface area contributed by atoms with Gasteiger partial charge in [-0.25, -0.2) is 28.7 Å². The lowest BCUT2D eigenvalue weighted by Crippen LogP contribution is -2.32. The largest absolute Gasteiger partial charge is 0.724 e. The fourth-order valence-electron chi connectivity index (χ4n) is 2.36. The van der Waals surface area contributed by atoms with Crippen molar-refractivity contribution in [1.82, 2.24) is 15.0 Å². The number of hydrogen-bond acceptors (Lipinski definition) is 3. The van der Waals surface area contributed by atoms with Crippen LogP contribution < -0.4 is 13.7 Å². The summed E-state index contributed by atoms with van der Waals surface area (Å²) in [4.78, 5) is 34.0. The summed E-state index contributed by atoms with van der Waals surface area (Å²) in [7, 11) is 0. The maximum Gasteiger partial charge on any atom is 0.250 e. The standard InChI is InChI=1S/3C6H10N2.3CNO/c3*1-3-8-5-4-7-6(8)2;3*2-1-3/h3*4-5H,3H2,1-2H3;;;/q;;;3*-1/p+3. The summed E-state index contributed by atoms with van der Waals surface area (Å²) in [5, 5.41) is 20.3. The van der Waals surface area contributed by atoms with Crippen molar-refractivity contribution in [2.45, 2.75) is 61.2 Å². The molecule has 180 valence electrons. The van der Waals surface area contributed by atoms with E-state index < -0.39 is 0 Å². The van der Waals surface area contributed by atoms with Gasteiger partial charge >= 0.3 is 0 Å². The summed E-state index contributed by atoms with van der Waals surface area (Å²) in [5.41, 5.74) is 0. The number of hydrogen-bond donors (Lipinski definition) is 3. The Morgan fingerprint density at radius 2 is 0.788 bits per heavy atom. The van der Waals surface area contributed by atoms with Crippen molar-refractivity contribution in [2.75, 3.05) is 0 Å². The van der Waals surface area contributed by atoms with Crippen LogP contribution in [-0.4, -0.2) is 33.2 Å². The molecule has 33 heavy (non-hydrogen) atoms. The topological polar surface area (TPSA) is 177 Å². The van der Waals surface area contributed by atoms with Crippen molar-refractivity contribution in [1.29, 1.82) is 0 Å². The maximum atomic E-state index is 8.24. The molecule has 0 aliphatic carbocycles. The normalized spacial score (nSPS) is 7.82. The Labute approximate surface area is 193 Å². The van der Waals surface area contributed by atoms with Gasteiger partial charge < -0.3 is 16.2 Å². The molecule has 3 aromatic heterocycles. The van der Waals surface area contributed by atoms with Gasteiger partial charge in [0.25, 0.3) is 17.5 Å². The molecule has 0 bridgehead atoms. The molecule has 3 aromatic rings. The van der Waals surface area contributed by atoms with Crippen molar-refractivity contribution in [3.8, 4) is 0 Å². The number of rotatable bonds is 3. The van der Waals surface area contributed by atoms with E-state index in [4.69, 9.17) is 30.6 Å². The Hall–Kier alpha value is -4.23. The fourth-order valence-corrected chi connectivity index (χ4v) is 2.36. The second-order valence-corrected chi connectivity index (χ2v) is 5.77. The molecule has 0 saturated heterocycles. The van der Waals surface area contributed by atoms with Crippen LogP contribution in [0.15, 0.2) is 37.2 Å². The van der Waals surface area contributed by atoms with Crippen molar-refractivity contribution in [3.05, 3.63) is 70.9 Å². The van der Waals surface area contributed by atoms with Crippen LogP contribution in [0, 0.1) is 20.8 Å².